The van der Waals surface area contributed by atoms with E-state index in [4.69, 9.17) is 9.40 Å². The average Bonchev–Trinajstić information content (AvgIpc) is 3.78. The van der Waals surface area contributed by atoms with Gasteiger partial charge < -0.3 is 9.32 Å². The van der Waals surface area contributed by atoms with Crippen molar-refractivity contribution < 1.29 is 4.42 Å². The molecule has 3 heteroatoms. The Bertz CT molecular complexity index is 3120. The van der Waals surface area contributed by atoms with Crippen LogP contribution in [0.4, 0.5) is 17.1 Å². The number of anilines is 3. The molecule has 9 aromatic carbocycles. The van der Waals surface area contributed by atoms with E-state index in [2.05, 4.69) is 201 Å². The maximum Gasteiger partial charge on any atom is 0.227 e. The predicted octanol–water partition coefficient (Wildman–Crippen LogP) is 14.4. The lowest BCUT2D eigenvalue weighted by atomic mass is 9.82. The van der Waals surface area contributed by atoms with Gasteiger partial charge in [0, 0.05) is 33.4 Å². The first-order valence-corrected chi connectivity index (χ1v) is 18.9. The SMILES string of the molecule is CC1(C)c2ccccc2-c2ccc(N(c3ccccc3)c3ccc(-c4ccc5c(ccc6ccc7nc(-c8ccc9ccccc9c8)oc7c65)c4)cc3)cc21. The van der Waals surface area contributed by atoms with E-state index in [0.29, 0.717) is 5.89 Å². The fraction of sp³-hybridized carbons (Fsp3) is 0.0577. The Hall–Kier alpha value is -6.97. The quantitative estimate of drug-likeness (QED) is 0.167. The second-order valence-corrected chi connectivity index (χ2v) is 15.2. The Kier molecular flexibility index (Phi) is 6.90. The van der Waals surface area contributed by atoms with Crippen LogP contribution in [0, 0.1) is 0 Å². The van der Waals surface area contributed by atoms with Crippen molar-refractivity contribution in [3.05, 3.63) is 193 Å². The molecule has 0 N–H and O–H groups in total. The van der Waals surface area contributed by atoms with Crippen molar-refractivity contribution in [3.63, 3.8) is 0 Å². The largest absolute Gasteiger partial charge is 0.435 e. The molecule has 0 unspecified atom stereocenters. The molecule has 0 radical (unpaired) electrons. The molecule has 1 aromatic heterocycles. The van der Waals surface area contributed by atoms with Gasteiger partial charge in [-0.3, -0.25) is 0 Å². The zero-order chi connectivity index (χ0) is 36.7. The van der Waals surface area contributed by atoms with Crippen molar-refractivity contribution >= 4 is 60.5 Å². The Morgan fingerprint density at radius 3 is 1.96 bits per heavy atom. The average molecular weight is 705 g/mol. The van der Waals surface area contributed by atoms with Crippen molar-refractivity contribution in [2.45, 2.75) is 19.3 Å². The van der Waals surface area contributed by atoms with E-state index in [1.54, 1.807) is 0 Å². The van der Waals surface area contributed by atoms with E-state index < -0.39 is 0 Å². The van der Waals surface area contributed by atoms with Crippen LogP contribution in [0.5, 0.6) is 0 Å². The lowest BCUT2D eigenvalue weighted by Gasteiger charge is -2.28. The third-order valence-electron chi connectivity index (χ3n) is 11.6. The van der Waals surface area contributed by atoms with Crippen LogP contribution in [-0.4, -0.2) is 4.98 Å². The molecule has 10 aromatic rings. The van der Waals surface area contributed by atoms with Gasteiger partial charge in [-0.2, -0.15) is 0 Å². The number of aromatic nitrogens is 1. The summed E-state index contributed by atoms with van der Waals surface area (Å²) >= 11 is 0. The number of oxazole rings is 1. The van der Waals surface area contributed by atoms with E-state index in [-0.39, 0.29) is 5.41 Å². The maximum absolute atomic E-state index is 6.58. The number of hydrogen-bond donors (Lipinski definition) is 0. The third kappa shape index (κ3) is 5.01. The van der Waals surface area contributed by atoms with Gasteiger partial charge in [0.15, 0.2) is 5.58 Å². The fourth-order valence-electron chi connectivity index (χ4n) is 8.82. The van der Waals surface area contributed by atoms with Crippen LogP contribution in [-0.2, 0) is 5.41 Å². The van der Waals surface area contributed by atoms with Crippen LogP contribution in [0.25, 0.3) is 77.1 Å². The molecule has 0 atom stereocenters. The van der Waals surface area contributed by atoms with E-state index in [9.17, 15) is 0 Å². The highest BCUT2D eigenvalue weighted by Crippen LogP contribution is 2.50. The van der Waals surface area contributed by atoms with Crippen LogP contribution in [0.1, 0.15) is 25.0 Å². The van der Waals surface area contributed by atoms with Gasteiger partial charge in [0.1, 0.15) is 5.52 Å². The van der Waals surface area contributed by atoms with Gasteiger partial charge in [-0.25, -0.2) is 4.98 Å². The Labute approximate surface area is 319 Å². The van der Waals surface area contributed by atoms with Gasteiger partial charge in [-0.05, 0) is 121 Å². The standard InChI is InChI=1S/C52H36N2O/c1-52(2)46-15-9-8-14-44(46)45-28-26-42(32-47(45)52)54(40-12-4-3-5-13-40)41-24-20-34(21-25-41)37-22-27-43-38(30-37)18-17-35-23-29-48-50(49(35)43)55-51(53-48)39-19-16-33-10-6-7-11-36(33)31-39/h3-32H,1-2H3. The highest BCUT2D eigenvalue weighted by atomic mass is 16.3. The molecule has 260 valence electrons. The number of rotatable bonds is 5. The van der Waals surface area contributed by atoms with E-state index in [1.807, 2.05) is 0 Å². The molecular weight excluding hydrogens is 669 g/mol. The summed E-state index contributed by atoms with van der Waals surface area (Å²) in [6.45, 7) is 4.68. The highest BCUT2D eigenvalue weighted by Gasteiger charge is 2.35. The molecule has 0 amide bonds. The minimum absolute atomic E-state index is 0.0751. The summed E-state index contributed by atoms with van der Waals surface area (Å²) in [5, 5.41) is 6.92. The molecule has 0 bridgehead atoms. The first-order valence-electron chi connectivity index (χ1n) is 18.9. The minimum atomic E-state index is -0.0751. The summed E-state index contributed by atoms with van der Waals surface area (Å²) in [4.78, 5) is 7.31. The highest BCUT2D eigenvalue weighted by molar-refractivity contribution is 6.18. The van der Waals surface area contributed by atoms with Crippen molar-refractivity contribution in [1.29, 1.82) is 0 Å². The monoisotopic (exact) mass is 704 g/mol. The molecule has 1 heterocycles. The van der Waals surface area contributed by atoms with Crippen molar-refractivity contribution in [3.8, 4) is 33.7 Å². The van der Waals surface area contributed by atoms with Gasteiger partial charge in [-0.15, -0.1) is 0 Å². The molecule has 0 saturated carbocycles. The molecule has 1 aliphatic carbocycles. The summed E-state index contributed by atoms with van der Waals surface area (Å²) in [5.41, 5.74) is 13.7. The van der Waals surface area contributed by atoms with E-state index in [0.717, 1.165) is 55.3 Å². The Morgan fingerprint density at radius 1 is 0.455 bits per heavy atom. The van der Waals surface area contributed by atoms with Crippen molar-refractivity contribution in [2.24, 2.45) is 0 Å². The third-order valence-corrected chi connectivity index (χ3v) is 11.6. The molecule has 55 heavy (non-hydrogen) atoms. The zero-order valence-corrected chi connectivity index (χ0v) is 30.6. The van der Waals surface area contributed by atoms with Gasteiger partial charge in [-0.1, -0.05) is 135 Å². The predicted molar refractivity (Wildman–Crippen MR) is 230 cm³/mol. The first kappa shape index (κ1) is 31.5. The molecule has 3 nitrogen and oxygen atoms in total. The van der Waals surface area contributed by atoms with Crippen LogP contribution in [0.2, 0.25) is 0 Å². The number of benzene rings is 9. The summed E-state index contributed by atoms with van der Waals surface area (Å²) in [6, 6.07) is 65.6. The van der Waals surface area contributed by atoms with Crippen LogP contribution >= 0.6 is 0 Å². The summed E-state index contributed by atoms with van der Waals surface area (Å²) in [5.74, 6) is 0.639. The molecule has 11 rings (SSSR count). The van der Waals surface area contributed by atoms with Crippen LogP contribution in [0.15, 0.2) is 186 Å². The number of hydrogen-bond acceptors (Lipinski definition) is 3. The molecule has 0 fully saturated rings. The number of fused-ring (bicyclic) bond motifs is 9. The normalized spacial score (nSPS) is 13.1. The van der Waals surface area contributed by atoms with Crippen LogP contribution in [0.3, 0.4) is 0 Å². The first-order chi connectivity index (χ1) is 27.0. The number of para-hydroxylation sites is 1. The van der Waals surface area contributed by atoms with Gasteiger partial charge >= 0.3 is 0 Å². The summed E-state index contributed by atoms with van der Waals surface area (Å²) in [7, 11) is 0. The Morgan fingerprint density at radius 2 is 1.09 bits per heavy atom. The molecule has 0 spiro atoms. The van der Waals surface area contributed by atoms with Gasteiger partial charge in [0.2, 0.25) is 5.89 Å². The van der Waals surface area contributed by atoms with Gasteiger partial charge in [0.05, 0.1) is 0 Å². The summed E-state index contributed by atoms with van der Waals surface area (Å²) < 4.78 is 6.58. The molecule has 1 aliphatic rings. The minimum Gasteiger partial charge on any atom is -0.435 e. The van der Waals surface area contributed by atoms with Crippen LogP contribution < -0.4 is 4.90 Å². The van der Waals surface area contributed by atoms with Gasteiger partial charge in [0.25, 0.3) is 0 Å². The Balaban J connectivity index is 0.964. The fourth-order valence-corrected chi connectivity index (χ4v) is 8.82. The summed E-state index contributed by atoms with van der Waals surface area (Å²) in [6.07, 6.45) is 0. The van der Waals surface area contributed by atoms with E-state index >= 15 is 0 Å². The van der Waals surface area contributed by atoms with Crippen molar-refractivity contribution in [2.75, 3.05) is 4.90 Å². The molecular formula is C52H36N2O. The second kappa shape index (κ2) is 12.0. The van der Waals surface area contributed by atoms with E-state index in [1.165, 1.54) is 44.2 Å². The molecule has 0 saturated heterocycles. The lowest BCUT2D eigenvalue weighted by molar-refractivity contribution is 0.623. The number of nitrogens with zero attached hydrogens (tertiary/aromatic N) is 2. The molecule has 0 aliphatic heterocycles. The second-order valence-electron chi connectivity index (χ2n) is 15.2. The smallest absolute Gasteiger partial charge is 0.227 e. The van der Waals surface area contributed by atoms with Crippen molar-refractivity contribution in [1.82, 2.24) is 4.98 Å². The zero-order valence-electron chi connectivity index (χ0n) is 30.6. The lowest BCUT2D eigenvalue weighted by Crippen LogP contribution is -2.16. The topological polar surface area (TPSA) is 29.3 Å². The maximum atomic E-state index is 6.58.